The van der Waals surface area contributed by atoms with Crippen LogP contribution in [0.5, 0.6) is 0 Å². The Balaban J connectivity index is 2.93. The first kappa shape index (κ1) is 11.6. The lowest BCUT2D eigenvalue weighted by atomic mass is 10.4. The van der Waals surface area contributed by atoms with E-state index in [-0.39, 0.29) is 5.30 Å². The number of rotatable bonds is 2. The maximum atomic E-state index is 11.8. The van der Waals surface area contributed by atoms with Gasteiger partial charge in [-0.2, -0.15) is 0 Å². The second-order valence-electron chi connectivity index (χ2n) is 2.35. The normalized spacial score (nSPS) is 16.3. The van der Waals surface area contributed by atoms with Gasteiger partial charge >= 0.3 is 13.1 Å². The largest absolute Gasteiger partial charge is 0.529 e. The lowest BCUT2D eigenvalue weighted by Gasteiger charge is -2.12. The Morgan fingerprint density at radius 1 is 1.21 bits per heavy atom. The molecule has 1 unspecified atom stereocenters. The van der Waals surface area contributed by atoms with Crippen LogP contribution in [0.1, 0.15) is 0 Å². The molecule has 0 spiro atoms. The van der Waals surface area contributed by atoms with E-state index in [2.05, 4.69) is 4.52 Å². The zero-order chi connectivity index (χ0) is 10.8. The first-order valence-electron chi connectivity index (χ1n) is 3.44. The Morgan fingerprint density at radius 2 is 1.71 bits per heavy atom. The maximum absolute atomic E-state index is 11.8. The van der Waals surface area contributed by atoms with Crippen LogP contribution in [0.3, 0.4) is 0 Å². The van der Waals surface area contributed by atoms with Gasteiger partial charge < -0.3 is 0 Å². The molecule has 0 N–H and O–H groups in total. The molecule has 1 aromatic rings. The van der Waals surface area contributed by atoms with Gasteiger partial charge in [-0.15, -0.1) is 13.2 Å². The Labute approximate surface area is 82.9 Å². The molecular weight excluding hydrogens is 239 g/mol. The summed E-state index contributed by atoms with van der Waals surface area (Å²) >= 11 is 5.16. The van der Waals surface area contributed by atoms with E-state index < -0.39 is 13.1 Å². The van der Waals surface area contributed by atoms with E-state index in [1.54, 1.807) is 6.07 Å². The fraction of sp³-hybridized carbons (Fsp3) is 0.143. The minimum absolute atomic E-state index is 0.181. The lowest BCUT2D eigenvalue weighted by molar-refractivity contribution is -0.272. The molecular formula is C7H5ClF3O2P. The lowest BCUT2D eigenvalue weighted by Crippen LogP contribution is -2.14. The Bertz CT molecular complexity index is 352. The minimum atomic E-state index is -5.01. The van der Waals surface area contributed by atoms with Crippen molar-refractivity contribution in [1.82, 2.24) is 0 Å². The molecule has 1 atom stereocenters. The van der Waals surface area contributed by atoms with Crippen LogP contribution in [-0.4, -0.2) is 6.36 Å². The van der Waals surface area contributed by atoms with Gasteiger partial charge in [0.05, 0.1) is 5.30 Å². The van der Waals surface area contributed by atoms with Crippen molar-refractivity contribution in [2.45, 2.75) is 6.36 Å². The van der Waals surface area contributed by atoms with E-state index in [9.17, 15) is 17.7 Å². The first-order valence-corrected chi connectivity index (χ1v) is 5.97. The molecule has 0 aromatic heterocycles. The third kappa shape index (κ3) is 3.33. The quantitative estimate of drug-likeness (QED) is 0.746. The van der Waals surface area contributed by atoms with Crippen molar-refractivity contribution in [3.05, 3.63) is 30.3 Å². The average molecular weight is 245 g/mol. The van der Waals surface area contributed by atoms with Crippen molar-refractivity contribution in [1.29, 1.82) is 0 Å². The first-order chi connectivity index (χ1) is 6.31. The molecule has 2 nitrogen and oxygen atoms in total. The summed E-state index contributed by atoms with van der Waals surface area (Å²) in [5, 5.41) is -0.181. The van der Waals surface area contributed by atoms with Gasteiger partial charge in [0.15, 0.2) is 0 Å². The zero-order valence-corrected chi connectivity index (χ0v) is 8.31. The topological polar surface area (TPSA) is 26.3 Å². The smallest absolute Gasteiger partial charge is 0.269 e. The highest BCUT2D eigenvalue weighted by Crippen LogP contribution is 2.55. The number of hydrogen-bond donors (Lipinski definition) is 0. The third-order valence-corrected chi connectivity index (χ3v) is 3.43. The summed E-state index contributed by atoms with van der Waals surface area (Å²) in [4.78, 5) is 0. The van der Waals surface area contributed by atoms with E-state index in [1.807, 2.05) is 0 Å². The van der Waals surface area contributed by atoms with Crippen LogP contribution in [0, 0.1) is 0 Å². The summed E-state index contributed by atoms with van der Waals surface area (Å²) in [6, 6.07) is 6.82. The van der Waals surface area contributed by atoms with E-state index in [4.69, 9.17) is 11.2 Å². The molecule has 0 heterocycles. The van der Waals surface area contributed by atoms with Crippen molar-refractivity contribution in [2.24, 2.45) is 0 Å². The SMILES string of the molecule is O=P(Cl)(OC(F)(F)F)c1ccccc1. The van der Waals surface area contributed by atoms with Gasteiger partial charge in [0.2, 0.25) is 0 Å². The second kappa shape index (κ2) is 3.93. The standard InChI is InChI=1S/C7H5ClF3O2P/c8-14(12,13-7(9,10)11)6-4-2-1-3-5-6/h1-5H. The molecule has 78 valence electrons. The molecule has 7 heteroatoms. The van der Waals surface area contributed by atoms with Gasteiger partial charge in [-0.25, -0.2) is 4.52 Å². The zero-order valence-electron chi connectivity index (χ0n) is 6.66. The summed E-state index contributed by atoms with van der Waals surface area (Å²) in [7, 11) is 0. The Morgan fingerprint density at radius 3 is 2.14 bits per heavy atom. The predicted molar refractivity (Wildman–Crippen MR) is 46.7 cm³/mol. The second-order valence-corrected chi connectivity index (χ2v) is 5.35. The van der Waals surface area contributed by atoms with Crippen molar-refractivity contribution in [3.63, 3.8) is 0 Å². The molecule has 0 aliphatic heterocycles. The molecule has 0 aliphatic carbocycles. The summed E-state index contributed by atoms with van der Waals surface area (Å²) in [5.41, 5.74) is 0. The molecule has 0 fully saturated rings. The summed E-state index contributed by atoms with van der Waals surface area (Å²) < 4.78 is 49.9. The van der Waals surface area contributed by atoms with Crippen molar-refractivity contribution in [3.8, 4) is 0 Å². The van der Waals surface area contributed by atoms with Crippen LogP contribution in [0.15, 0.2) is 30.3 Å². The molecule has 0 saturated carbocycles. The van der Waals surface area contributed by atoms with Crippen LogP contribution in [-0.2, 0) is 9.09 Å². The van der Waals surface area contributed by atoms with Crippen molar-refractivity contribution < 1.29 is 22.3 Å². The number of halogens is 4. The summed E-state index contributed by atoms with van der Waals surface area (Å²) in [6.45, 7) is -4.32. The molecule has 0 aliphatic rings. The molecule has 0 bridgehead atoms. The predicted octanol–water partition coefficient (Wildman–Crippen LogP) is 3.28. The van der Waals surface area contributed by atoms with Gasteiger partial charge in [-0.05, 0) is 23.4 Å². The highest BCUT2D eigenvalue weighted by molar-refractivity contribution is 7.91. The average Bonchev–Trinajstić information content (AvgIpc) is 2.01. The van der Waals surface area contributed by atoms with Gasteiger partial charge in [-0.3, -0.25) is 4.57 Å². The molecule has 0 saturated heterocycles. The fourth-order valence-electron chi connectivity index (χ4n) is 0.792. The summed E-state index contributed by atoms with van der Waals surface area (Å²) in [6.07, 6.45) is -5.01. The molecule has 0 radical (unpaired) electrons. The van der Waals surface area contributed by atoms with Crippen LogP contribution in [0.4, 0.5) is 13.2 Å². The Hall–Kier alpha value is -0.510. The molecule has 14 heavy (non-hydrogen) atoms. The van der Waals surface area contributed by atoms with Gasteiger partial charge in [0.25, 0.3) is 0 Å². The van der Waals surface area contributed by atoms with Gasteiger partial charge in [0, 0.05) is 0 Å². The maximum Gasteiger partial charge on any atom is 0.529 e. The minimum Gasteiger partial charge on any atom is -0.269 e. The molecule has 1 aromatic carbocycles. The highest BCUT2D eigenvalue weighted by Gasteiger charge is 2.40. The third-order valence-electron chi connectivity index (χ3n) is 1.29. The van der Waals surface area contributed by atoms with Crippen molar-refractivity contribution >= 4 is 23.3 Å². The van der Waals surface area contributed by atoms with E-state index in [1.165, 1.54) is 24.3 Å². The van der Waals surface area contributed by atoms with Crippen LogP contribution in [0.2, 0.25) is 0 Å². The Kier molecular flexibility index (Phi) is 3.24. The van der Waals surface area contributed by atoms with E-state index in [0.717, 1.165) is 0 Å². The highest BCUT2D eigenvalue weighted by atomic mass is 35.7. The van der Waals surface area contributed by atoms with Crippen molar-refractivity contribution in [2.75, 3.05) is 0 Å². The van der Waals surface area contributed by atoms with E-state index in [0.29, 0.717) is 0 Å². The monoisotopic (exact) mass is 244 g/mol. The van der Waals surface area contributed by atoms with Crippen LogP contribution >= 0.6 is 18.0 Å². The summed E-state index contributed by atoms with van der Waals surface area (Å²) in [5.74, 6) is 0. The number of benzene rings is 1. The van der Waals surface area contributed by atoms with E-state index >= 15 is 0 Å². The van der Waals surface area contributed by atoms with Gasteiger partial charge in [-0.1, -0.05) is 18.2 Å². The van der Waals surface area contributed by atoms with Crippen LogP contribution < -0.4 is 5.30 Å². The van der Waals surface area contributed by atoms with Crippen LogP contribution in [0.25, 0.3) is 0 Å². The molecule has 1 rings (SSSR count). The van der Waals surface area contributed by atoms with Gasteiger partial charge in [0.1, 0.15) is 0 Å². The number of alkyl halides is 3. The number of hydrogen-bond acceptors (Lipinski definition) is 2. The fourth-order valence-corrected chi connectivity index (χ4v) is 2.26. The molecule has 0 amide bonds.